The third kappa shape index (κ3) is 3.73. The number of thiophene rings is 1. The van der Waals surface area contributed by atoms with Gasteiger partial charge in [0.25, 0.3) is 5.56 Å². The van der Waals surface area contributed by atoms with E-state index in [2.05, 4.69) is 10.3 Å². The van der Waals surface area contributed by atoms with Gasteiger partial charge in [-0.05, 0) is 25.5 Å². The van der Waals surface area contributed by atoms with Gasteiger partial charge >= 0.3 is 5.97 Å². The van der Waals surface area contributed by atoms with Crippen molar-refractivity contribution in [2.75, 3.05) is 5.32 Å². The molecule has 0 fully saturated rings. The van der Waals surface area contributed by atoms with E-state index in [-0.39, 0.29) is 10.9 Å². The second-order valence-corrected chi connectivity index (χ2v) is 7.95. The average molecular weight is 433 g/mol. The molecule has 0 saturated heterocycles. The summed E-state index contributed by atoms with van der Waals surface area (Å²) in [6.07, 6.45) is 0. The summed E-state index contributed by atoms with van der Waals surface area (Å²) in [5.74, 6) is -1.30. The van der Waals surface area contributed by atoms with Gasteiger partial charge in [0.05, 0.1) is 10.9 Å². The maximum absolute atomic E-state index is 13.5. The van der Waals surface area contributed by atoms with Gasteiger partial charge in [-0.1, -0.05) is 48.5 Å². The molecule has 2 aromatic heterocycles. The van der Waals surface area contributed by atoms with E-state index in [1.807, 2.05) is 43.3 Å². The zero-order chi connectivity index (χ0) is 22.1. The Hall–Kier alpha value is -3.78. The summed E-state index contributed by atoms with van der Waals surface area (Å²) >= 11 is 1.09. The second-order valence-electron chi connectivity index (χ2n) is 7.09. The van der Waals surface area contributed by atoms with Gasteiger partial charge in [0.1, 0.15) is 16.7 Å². The predicted octanol–water partition coefficient (Wildman–Crippen LogP) is 4.33. The second kappa shape index (κ2) is 8.16. The van der Waals surface area contributed by atoms with E-state index in [9.17, 15) is 19.5 Å². The number of para-hydroxylation sites is 1. The lowest BCUT2D eigenvalue weighted by Gasteiger charge is -2.20. The molecule has 0 aliphatic heterocycles. The molecule has 0 spiro atoms. The summed E-state index contributed by atoms with van der Waals surface area (Å²) in [6.45, 7) is 3.47. The van der Waals surface area contributed by atoms with Gasteiger partial charge in [0.2, 0.25) is 5.91 Å². The minimum absolute atomic E-state index is 0.00715. The fourth-order valence-electron chi connectivity index (χ4n) is 3.38. The van der Waals surface area contributed by atoms with Crippen LogP contribution in [0, 0.1) is 6.92 Å². The summed E-state index contributed by atoms with van der Waals surface area (Å²) in [7, 11) is 0. The molecule has 0 radical (unpaired) electrons. The monoisotopic (exact) mass is 433 g/mol. The molecule has 0 bridgehead atoms. The summed E-state index contributed by atoms with van der Waals surface area (Å²) in [6, 6.07) is 15.5. The number of nitrogens with zero attached hydrogens (tertiary/aromatic N) is 2. The number of hydrogen-bond donors (Lipinski definition) is 2. The van der Waals surface area contributed by atoms with E-state index >= 15 is 0 Å². The molecule has 2 heterocycles. The molecule has 8 heteroatoms. The molecule has 7 nitrogen and oxygen atoms in total. The molecule has 4 rings (SSSR count). The van der Waals surface area contributed by atoms with Crippen molar-refractivity contribution < 1.29 is 14.7 Å². The molecule has 0 saturated carbocycles. The average Bonchev–Trinajstić information content (AvgIpc) is 3.20. The fraction of sp³-hybridized carbons (Fsp3) is 0.130. The van der Waals surface area contributed by atoms with Crippen LogP contribution in [0.25, 0.3) is 21.6 Å². The Morgan fingerprint density at radius 3 is 2.45 bits per heavy atom. The fourth-order valence-corrected chi connectivity index (χ4v) is 4.28. The first kappa shape index (κ1) is 20.5. The van der Waals surface area contributed by atoms with Gasteiger partial charge in [-0.25, -0.2) is 9.78 Å². The largest absolute Gasteiger partial charge is 0.478 e. The Morgan fingerprint density at radius 1 is 1.10 bits per heavy atom. The third-order valence-corrected chi connectivity index (χ3v) is 5.94. The van der Waals surface area contributed by atoms with E-state index in [1.54, 1.807) is 25.1 Å². The van der Waals surface area contributed by atoms with Crippen LogP contribution in [0.3, 0.4) is 0 Å². The SMILES string of the molecule is Cc1ccccc1NC(=O)C(C)n1c(-c2ccccc2)nc2scc(C(=O)O)c2c1=O. The number of nitrogens with one attached hydrogen (secondary N) is 1. The number of carbonyl (C=O) groups excluding carboxylic acids is 1. The summed E-state index contributed by atoms with van der Waals surface area (Å²) < 4.78 is 1.27. The Balaban J connectivity index is 1.90. The normalized spacial score (nSPS) is 11.9. The van der Waals surface area contributed by atoms with Gasteiger partial charge in [-0.3, -0.25) is 14.2 Å². The van der Waals surface area contributed by atoms with Crippen LogP contribution in [0.15, 0.2) is 64.8 Å². The minimum Gasteiger partial charge on any atom is -0.478 e. The van der Waals surface area contributed by atoms with Crippen molar-refractivity contribution >= 4 is 39.1 Å². The van der Waals surface area contributed by atoms with E-state index in [0.717, 1.165) is 16.9 Å². The molecule has 1 unspecified atom stereocenters. The van der Waals surface area contributed by atoms with Crippen LogP contribution < -0.4 is 10.9 Å². The van der Waals surface area contributed by atoms with Crippen LogP contribution in [0.5, 0.6) is 0 Å². The lowest BCUT2D eigenvalue weighted by Crippen LogP contribution is -2.33. The topological polar surface area (TPSA) is 101 Å². The lowest BCUT2D eigenvalue weighted by molar-refractivity contribution is -0.118. The first-order valence-electron chi connectivity index (χ1n) is 9.57. The van der Waals surface area contributed by atoms with Crippen LogP contribution >= 0.6 is 11.3 Å². The Bertz CT molecular complexity index is 1360. The number of benzene rings is 2. The van der Waals surface area contributed by atoms with Crippen LogP contribution in [-0.2, 0) is 4.79 Å². The Labute approximate surface area is 181 Å². The lowest BCUT2D eigenvalue weighted by atomic mass is 10.1. The molecule has 2 N–H and O–H groups in total. The van der Waals surface area contributed by atoms with Crippen molar-refractivity contribution in [3.05, 3.63) is 81.5 Å². The quantitative estimate of drug-likeness (QED) is 0.488. The number of aryl methyl sites for hydroxylation is 1. The van der Waals surface area contributed by atoms with E-state index < -0.39 is 23.5 Å². The molecule has 4 aromatic rings. The van der Waals surface area contributed by atoms with Crippen LogP contribution in [0.4, 0.5) is 5.69 Å². The number of aromatic carboxylic acids is 1. The molecule has 2 aromatic carbocycles. The number of carbonyl (C=O) groups is 2. The molecule has 1 atom stereocenters. The number of carboxylic acids is 1. The standard InChI is InChI=1S/C23H19N3O4S/c1-13-8-6-7-11-17(13)24-20(27)14(2)26-19(15-9-4-3-5-10-15)25-21-18(22(26)28)16(12-31-21)23(29)30/h3-12,14H,1-2H3,(H,24,27)(H,29,30). The van der Waals surface area contributed by atoms with Gasteiger partial charge in [-0.15, -0.1) is 11.3 Å². The van der Waals surface area contributed by atoms with E-state index in [0.29, 0.717) is 21.9 Å². The minimum atomic E-state index is -1.21. The maximum atomic E-state index is 13.5. The van der Waals surface area contributed by atoms with Gasteiger partial charge in [-0.2, -0.15) is 0 Å². The van der Waals surface area contributed by atoms with E-state index in [4.69, 9.17) is 0 Å². The first-order chi connectivity index (χ1) is 14.9. The van der Waals surface area contributed by atoms with E-state index in [1.165, 1.54) is 9.95 Å². The summed E-state index contributed by atoms with van der Waals surface area (Å²) in [4.78, 5) is 43.1. The highest BCUT2D eigenvalue weighted by molar-refractivity contribution is 7.17. The number of aromatic nitrogens is 2. The van der Waals surface area contributed by atoms with Crippen LogP contribution in [-0.4, -0.2) is 26.5 Å². The number of anilines is 1. The molecular formula is C23H19N3O4S. The zero-order valence-corrected chi connectivity index (χ0v) is 17.6. The maximum Gasteiger partial charge on any atom is 0.337 e. The van der Waals surface area contributed by atoms with Crippen molar-refractivity contribution in [2.24, 2.45) is 0 Å². The number of fused-ring (bicyclic) bond motifs is 1. The predicted molar refractivity (Wildman–Crippen MR) is 121 cm³/mol. The summed E-state index contributed by atoms with van der Waals surface area (Å²) in [5.41, 5.74) is 1.51. The van der Waals surface area contributed by atoms with Crippen LogP contribution in [0.1, 0.15) is 28.9 Å². The summed E-state index contributed by atoms with van der Waals surface area (Å²) in [5, 5.41) is 13.8. The molecule has 156 valence electrons. The van der Waals surface area contributed by atoms with Crippen molar-refractivity contribution in [3.63, 3.8) is 0 Å². The number of amides is 1. The third-order valence-electron chi connectivity index (χ3n) is 5.07. The highest BCUT2D eigenvalue weighted by atomic mass is 32.1. The first-order valence-corrected chi connectivity index (χ1v) is 10.5. The molecule has 0 aliphatic carbocycles. The Morgan fingerprint density at radius 2 is 1.77 bits per heavy atom. The highest BCUT2D eigenvalue weighted by Gasteiger charge is 2.26. The smallest absolute Gasteiger partial charge is 0.337 e. The number of hydrogen-bond acceptors (Lipinski definition) is 5. The Kier molecular flexibility index (Phi) is 5.39. The molecule has 1 amide bonds. The van der Waals surface area contributed by atoms with Crippen molar-refractivity contribution in [1.29, 1.82) is 0 Å². The molecule has 0 aliphatic rings. The van der Waals surface area contributed by atoms with Crippen molar-refractivity contribution in [1.82, 2.24) is 9.55 Å². The molecular weight excluding hydrogens is 414 g/mol. The van der Waals surface area contributed by atoms with Crippen molar-refractivity contribution in [3.8, 4) is 11.4 Å². The van der Waals surface area contributed by atoms with Gasteiger partial charge in [0.15, 0.2) is 0 Å². The highest BCUT2D eigenvalue weighted by Crippen LogP contribution is 2.27. The van der Waals surface area contributed by atoms with Gasteiger partial charge in [0, 0.05) is 16.6 Å². The number of carboxylic acid groups (broad SMARTS) is 1. The molecule has 31 heavy (non-hydrogen) atoms. The number of rotatable bonds is 5. The van der Waals surface area contributed by atoms with Gasteiger partial charge < -0.3 is 10.4 Å². The van der Waals surface area contributed by atoms with Crippen molar-refractivity contribution in [2.45, 2.75) is 19.9 Å². The zero-order valence-electron chi connectivity index (χ0n) is 16.8. The van der Waals surface area contributed by atoms with Crippen LogP contribution in [0.2, 0.25) is 0 Å².